The molecule has 0 aliphatic carbocycles. The van der Waals surface area contributed by atoms with E-state index in [2.05, 4.69) is 76.4 Å². The van der Waals surface area contributed by atoms with Crippen LogP contribution in [0.2, 0.25) is 0 Å². The summed E-state index contributed by atoms with van der Waals surface area (Å²) in [5.41, 5.74) is 7.56. The standard InChI is InChI=1S/C25H37NO/c1-8-12-16-26-25(20(6)10-3)24-17-19(5)14-15-23(24)21(13-9-2)18-22(11-4)27-7/h9,11,13-15,17-18,26H,8,10,12,16H2,1-7H3/b13-9+,21-18+,22-11+,25-20-. The van der Waals surface area contributed by atoms with E-state index in [4.69, 9.17) is 4.74 Å². The molecule has 0 atom stereocenters. The summed E-state index contributed by atoms with van der Waals surface area (Å²) < 4.78 is 5.49. The summed E-state index contributed by atoms with van der Waals surface area (Å²) in [6.07, 6.45) is 11.7. The molecule has 0 aliphatic heterocycles. The second kappa shape index (κ2) is 12.2. The normalized spacial score (nSPS) is 13.7. The fourth-order valence-corrected chi connectivity index (χ4v) is 2.97. The van der Waals surface area contributed by atoms with Gasteiger partial charge in [0.1, 0.15) is 5.76 Å². The van der Waals surface area contributed by atoms with Gasteiger partial charge in [-0.1, -0.05) is 50.1 Å². The van der Waals surface area contributed by atoms with E-state index in [1.807, 2.05) is 13.0 Å². The van der Waals surface area contributed by atoms with Crippen molar-refractivity contribution in [3.05, 3.63) is 70.5 Å². The van der Waals surface area contributed by atoms with Crippen molar-refractivity contribution in [2.75, 3.05) is 13.7 Å². The fourth-order valence-electron chi connectivity index (χ4n) is 2.97. The van der Waals surface area contributed by atoms with Crippen molar-refractivity contribution in [1.82, 2.24) is 5.32 Å². The molecule has 1 aromatic rings. The van der Waals surface area contributed by atoms with Crippen LogP contribution >= 0.6 is 0 Å². The third-order valence-corrected chi connectivity index (χ3v) is 4.71. The summed E-state index contributed by atoms with van der Waals surface area (Å²) in [7, 11) is 1.72. The van der Waals surface area contributed by atoms with Gasteiger partial charge in [0.2, 0.25) is 0 Å². The van der Waals surface area contributed by atoms with E-state index in [9.17, 15) is 0 Å². The molecule has 148 valence electrons. The van der Waals surface area contributed by atoms with Gasteiger partial charge < -0.3 is 10.1 Å². The van der Waals surface area contributed by atoms with Crippen molar-refractivity contribution in [2.24, 2.45) is 0 Å². The lowest BCUT2D eigenvalue weighted by Crippen LogP contribution is -2.16. The van der Waals surface area contributed by atoms with E-state index in [0.717, 1.165) is 24.3 Å². The van der Waals surface area contributed by atoms with Gasteiger partial charge >= 0.3 is 0 Å². The zero-order valence-corrected chi connectivity index (χ0v) is 18.3. The topological polar surface area (TPSA) is 21.3 Å². The van der Waals surface area contributed by atoms with E-state index in [0.29, 0.717) is 0 Å². The Morgan fingerprint density at radius 3 is 2.44 bits per heavy atom. The van der Waals surface area contributed by atoms with Crippen molar-refractivity contribution in [3.63, 3.8) is 0 Å². The number of hydrogen-bond donors (Lipinski definition) is 1. The Hall–Kier alpha value is -2.22. The van der Waals surface area contributed by atoms with Crippen LogP contribution in [-0.2, 0) is 4.74 Å². The Morgan fingerprint density at radius 2 is 1.89 bits per heavy atom. The molecule has 0 aliphatic rings. The minimum Gasteiger partial charge on any atom is -0.497 e. The Morgan fingerprint density at radius 1 is 1.15 bits per heavy atom. The summed E-state index contributed by atoms with van der Waals surface area (Å²) in [5.74, 6) is 0.867. The number of benzene rings is 1. The highest BCUT2D eigenvalue weighted by molar-refractivity contribution is 5.85. The molecule has 0 fully saturated rings. The number of ether oxygens (including phenoxy) is 1. The van der Waals surface area contributed by atoms with Gasteiger partial charge in [0.25, 0.3) is 0 Å². The highest BCUT2D eigenvalue weighted by Gasteiger charge is 2.13. The molecule has 1 aromatic carbocycles. The van der Waals surface area contributed by atoms with Gasteiger partial charge in [0.15, 0.2) is 0 Å². The second-order valence-corrected chi connectivity index (χ2v) is 6.83. The highest BCUT2D eigenvalue weighted by atomic mass is 16.5. The summed E-state index contributed by atoms with van der Waals surface area (Å²) in [6.45, 7) is 13.9. The molecule has 2 heteroatoms. The maximum Gasteiger partial charge on any atom is 0.115 e. The van der Waals surface area contributed by atoms with Crippen molar-refractivity contribution < 1.29 is 4.74 Å². The molecule has 2 nitrogen and oxygen atoms in total. The third kappa shape index (κ3) is 6.78. The first-order valence-electron chi connectivity index (χ1n) is 10.1. The van der Waals surface area contributed by atoms with Crippen LogP contribution in [0.3, 0.4) is 0 Å². The predicted molar refractivity (Wildman–Crippen MR) is 121 cm³/mol. The molecule has 0 saturated carbocycles. The molecule has 0 spiro atoms. The van der Waals surface area contributed by atoms with Crippen LogP contribution < -0.4 is 5.32 Å². The lowest BCUT2D eigenvalue weighted by molar-refractivity contribution is 0.306. The lowest BCUT2D eigenvalue weighted by atomic mass is 9.92. The van der Waals surface area contributed by atoms with Crippen LogP contribution in [0.15, 0.2) is 53.8 Å². The van der Waals surface area contributed by atoms with Crippen LogP contribution in [0.4, 0.5) is 0 Å². The van der Waals surface area contributed by atoms with Gasteiger partial charge in [-0.3, -0.25) is 0 Å². The molecule has 0 amide bonds. The van der Waals surface area contributed by atoms with Crippen molar-refractivity contribution in [1.29, 1.82) is 0 Å². The molecular formula is C25H37NO. The van der Waals surface area contributed by atoms with Gasteiger partial charge in [-0.25, -0.2) is 0 Å². The van der Waals surface area contributed by atoms with E-state index in [-0.39, 0.29) is 0 Å². The Labute approximate surface area is 166 Å². The zero-order valence-electron chi connectivity index (χ0n) is 18.3. The maximum atomic E-state index is 5.49. The molecule has 0 unspecified atom stereocenters. The second-order valence-electron chi connectivity index (χ2n) is 6.83. The summed E-state index contributed by atoms with van der Waals surface area (Å²) in [6, 6.07) is 6.70. The van der Waals surface area contributed by atoms with Crippen LogP contribution in [-0.4, -0.2) is 13.7 Å². The van der Waals surface area contributed by atoms with Crippen LogP contribution in [0.1, 0.15) is 70.6 Å². The highest BCUT2D eigenvalue weighted by Crippen LogP contribution is 2.30. The first kappa shape index (κ1) is 22.8. The Bertz CT molecular complexity index is 720. The number of rotatable bonds is 10. The molecule has 0 radical (unpaired) electrons. The molecule has 0 heterocycles. The number of hydrogen-bond acceptors (Lipinski definition) is 2. The first-order chi connectivity index (χ1) is 13.0. The number of unbranched alkanes of at least 4 members (excludes halogenated alkanes) is 1. The van der Waals surface area contributed by atoms with Crippen LogP contribution in [0.5, 0.6) is 0 Å². The number of aryl methyl sites for hydroxylation is 1. The zero-order chi connectivity index (χ0) is 20.2. The molecule has 1 N–H and O–H groups in total. The quantitative estimate of drug-likeness (QED) is 0.272. The van der Waals surface area contributed by atoms with Gasteiger partial charge in [-0.05, 0) is 75.5 Å². The van der Waals surface area contributed by atoms with E-state index >= 15 is 0 Å². The molecule has 0 aromatic heterocycles. The average Bonchev–Trinajstić information content (AvgIpc) is 2.68. The number of allylic oxidation sites excluding steroid dienone is 6. The van der Waals surface area contributed by atoms with Gasteiger partial charge in [0.05, 0.1) is 7.11 Å². The molecule has 0 saturated heterocycles. The largest absolute Gasteiger partial charge is 0.497 e. The maximum absolute atomic E-state index is 5.49. The molecule has 0 bridgehead atoms. The lowest BCUT2D eigenvalue weighted by Gasteiger charge is -2.20. The number of methoxy groups -OCH3 is 1. The minimum absolute atomic E-state index is 0.867. The van der Waals surface area contributed by atoms with E-state index in [1.54, 1.807) is 7.11 Å². The third-order valence-electron chi connectivity index (χ3n) is 4.71. The van der Waals surface area contributed by atoms with Crippen molar-refractivity contribution in [2.45, 2.75) is 60.8 Å². The average molecular weight is 368 g/mol. The fraction of sp³-hybridized carbons (Fsp3) is 0.440. The number of nitrogens with one attached hydrogen (secondary N) is 1. The minimum atomic E-state index is 0.867. The van der Waals surface area contributed by atoms with E-state index < -0.39 is 0 Å². The summed E-state index contributed by atoms with van der Waals surface area (Å²) in [5, 5.41) is 3.72. The summed E-state index contributed by atoms with van der Waals surface area (Å²) >= 11 is 0. The first-order valence-corrected chi connectivity index (χ1v) is 10.1. The van der Waals surface area contributed by atoms with Gasteiger partial charge in [0, 0.05) is 17.8 Å². The predicted octanol–water partition coefficient (Wildman–Crippen LogP) is 7.04. The van der Waals surface area contributed by atoms with Crippen molar-refractivity contribution >= 4 is 11.3 Å². The molecule has 27 heavy (non-hydrogen) atoms. The Balaban J connectivity index is 3.61. The monoisotopic (exact) mass is 367 g/mol. The smallest absolute Gasteiger partial charge is 0.115 e. The van der Waals surface area contributed by atoms with Gasteiger partial charge in [-0.15, -0.1) is 0 Å². The SMILES string of the molecule is C/C=C/C(=C\C(=C/C)OC)c1ccc(C)cc1/C(NCCCC)=C(\C)CC. The Kier molecular flexibility index (Phi) is 10.3. The van der Waals surface area contributed by atoms with E-state index in [1.165, 1.54) is 40.8 Å². The molecule has 1 rings (SSSR count). The van der Waals surface area contributed by atoms with Gasteiger partial charge in [-0.2, -0.15) is 0 Å². The van der Waals surface area contributed by atoms with Crippen molar-refractivity contribution in [3.8, 4) is 0 Å². The molecular weight excluding hydrogens is 330 g/mol. The summed E-state index contributed by atoms with van der Waals surface area (Å²) in [4.78, 5) is 0. The van der Waals surface area contributed by atoms with Crippen LogP contribution in [0.25, 0.3) is 11.3 Å². The van der Waals surface area contributed by atoms with Crippen LogP contribution in [0, 0.1) is 6.92 Å².